The number of hydrogen-bond acceptors (Lipinski definition) is 6. The zero-order chi connectivity index (χ0) is 68.7. The molecule has 0 aliphatic carbocycles. The predicted molar refractivity (Wildman–Crippen MR) is 429 cm³/mol. The zero-order valence-corrected chi connectivity index (χ0v) is 56.9. The Kier molecular flexibility index (Phi) is 15.9. The van der Waals surface area contributed by atoms with Gasteiger partial charge in [0.05, 0.1) is 22.1 Å². The maximum Gasteiger partial charge on any atom is 0.164 e. The first kappa shape index (κ1) is 61.6. The molecule has 8 heteroatoms. The summed E-state index contributed by atoms with van der Waals surface area (Å²) in [5, 5.41) is 4.95. The lowest BCUT2D eigenvalue weighted by Gasteiger charge is -2.26. The lowest BCUT2D eigenvalue weighted by atomic mass is 9.95. The molecule has 488 valence electrons. The van der Waals surface area contributed by atoms with Crippen molar-refractivity contribution in [3.8, 4) is 67.8 Å². The fraction of sp³-hybridized carbons (Fsp3) is 0.0211. The number of aromatic nitrogens is 5. The van der Waals surface area contributed by atoms with Gasteiger partial charge in [0.25, 0.3) is 0 Å². The molecule has 18 aromatic rings. The summed E-state index contributed by atoms with van der Waals surface area (Å²) in [5.41, 5.74) is 26.2. The molecule has 15 aromatic carbocycles. The highest BCUT2D eigenvalue weighted by Gasteiger charge is 2.22. The summed E-state index contributed by atoms with van der Waals surface area (Å²) in [6.45, 7) is 4.48. The van der Waals surface area contributed by atoms with Crippen LogP contribution in [0.3, 0.4) is 0 Å². The van der Waals surface area contributed by atoms with E-state index in [1.807, 2.05) is 24.3 Å². The highest BCUT2D eigenvalue weighted by atomic mass is 15.2. The van der Waals surface area contributed by atoms with Crippen LogP contribution < -0.4 is 14.7 Å². The molecule has 0 aliphatic rings. The molecule has 0 fully saturated rings. The van der Waals surface area contributed by atoms with Crippen molar-refractivity contribution in [2.24, 2.45) is 0 Å². The lowest BCUT2D eigenvalue weighted by molar-refractivity contribution is 1.07. The average Bonchev–Trinajstić information content (AvgIpc) is 1.60. The first-order valence-electron chi connectivity index (χ1n) is 35.0. The molecule has 0 saturated heterocycles. The summed E-state index contributed by atoms with van der Waals surface area (Å²) >= 11 is 0. The van der Waals surface area contributed by atoms with Crippen LogP contribution in [-0.4, -0.2) is 24.1 Å². The first-order chi connectivity index (χ1) is 50.9. The second kappa shape index (κ2) is 26.5. The molecule has 0 unspecified atom stereocenters. The molecule has 0 N–H and O–H groups in total. The number of hydrogen-bond donors (Lipinski definition) is 0. The highest BCUT2D eigenvalue weighted by molar-refractivity contribution is 6.11. The van der Waals surface area contributed by atoms with Crippen LogP contribution >= 0.6 is 0 Å². The standard InChI is InChI=1S/C95H68N8/c1-65-62-81(102-89-37-21-18-34-85(89)86-35-19-22-38-90(86)102)57-59-83(65)84-60-58-82(63-66(84)2)103-91-39-23-20-36-87(91)88-64-71(48-61-92(88)103)67-40-49-77(50-41-67)101(76-32-16-7-17-33-76)80-55-46-70(47-56-80)95-97-93(68-42-51-78(52-43-68)99(72-24-8-3-9-25-72)73-26-10-4-11-27-73)96-94(98-95)69-44-53-79(54-45-69)100(74-28-12-5-13-29-74)75-30-14-6-15-31-75/h3-64H,1-2H3. The maximum atomic E-state index is 5.28. The van der Waals surface area contributed by atoms with Crippen molar-refractivity contribution >= 4 is 94.8 Å². The second-order valence-electron chi connectivity index (χ2n) is 26.1. The topological polar surface area (TPSA) is 58.3 Å². The number of benzene rings is 15. The van der Waals surface area contributed by atoms with Gasteiger partial charge in [-0.2, -0.15) is 0 Å². The van der Waals surface area contributed by atoms with E-state index < -0.39 is 0 Å². The van der Waals surface area contributed by atoms with Gasteiger partial charge in [-0.05, 0) is 247 Å². The van der Waals surface area contributed by atoms with Gasteiger partial charge >= 0.3 is 0 Å². The van der Waals surface area contributed by atoms with E-state index in [1.54, 1.807) is 0 Å². The number of nitrogens with zero attached hydrogens (tertiary/aromatic N) is 8. The SMILES string of the molecule is Cc1cc(-n2c3ccccc3c3ccccc32)ccc1-c1ccc(-n2c3ccccc3c3cc(-c4ccc(N(c5ccccc5)c5ccc(-c6nc(-c7ccc(N(c8ccccc8)c8ccccc8)cc7)nc(-c7ccc(N(c8ccccc8)c8ccccc8)cc7)n6)cc5)cc4)ccc32)cc1C. The Morgan fingerprint density at radius 2 is 0.456 bits per heavy atom. The third-order valence-electron chi connectivity index (χ3n) is 19.8. The Morgan fingerprint density at radius 1 is 0.204 bits per heavy atom. The molecule has 8 nitrogen and oxygen atoms in total. The van der Waals surface area contributed by atoms with E-state index in [1.165, 1.54) is 60.3 Å². The van der Waals surface area contributed by atoms with E-state index in [0.29, 0.717) is 17.5 Å². The molecule has 0 radical (unpaired) electrons. The van der Waals surface area contributed by atoms with E-state index in [4.69, 9.17) is 15.0 Å². The van der Waals surface area contributed by atoms with Gasteiger partial charge in [-0.1, -0.05) is 176 Å². The molecule has 3 heterocycles. The molecule has 0 atom stereocenters. The van der Waals surface area contributed by atoms with Crippen LogP contribution in [0.2, 0.25) is 0 Å². The largest absolute Gasteiger partial charge is 0.311 e. The van der Waals surface area contributed by atoms with Gasteiger partial charge in [-0.15, -0.1) is 0 Å². The number of fused-ring (bicyclic) bond motifs is 6. The summed E-state index contributed by atoms with van der Waals surface area (Å²) in [4.78, 5) is 22.6. The average molecular weight is 1320 g/mol. The van der Waals surface area contributed by atoms with Gasteiger partial charge in [0.15, 0.2) is 17.5 Å². The van der Waals surface area contributed by atoms with Crippen molar-refractivity contribution in [1.82, 2.24) is 24.1 Å². The normalized spacial score (nSPS) is 11.4. The Bertz CT molecular complexity index is 5820. The van der Waals surface area contributed by atoms with Crippen LogP contribution in [0.1, 0.15) is 11.1 Å². The number of aryl methyl sites for hydroxylation is 2. The van der Waals surface area contributed by atoms with Crippen molar-refractivity contribution in [3.63, 3.8) is 0 Å². The molecule has 18 rings (SSSR count). The summed E-state index contributed by atoms with van der Waals surface area (Å²) in [6, 6.07) is 134. The Balaban J connectivity index is 0.656. The van der Waals surface area contributed by atoms with Crippen molar-refractivity contribution in [2.75, 3.05) is 14.7 Å². The van der Waals surface area contributed by atoms with Crippen LogP contribution in [0, 0.1) is 13.8 Å². The Morgan fingerprint density at radius 3 is 0.767 bits per heavy atom. The summed E-state index contributed by atoms with van der Waals surface area (Å²) in [5.74, 6) is 1.71. The summed E-state index contributed by atoms with van der Waals surface area (Å²) < 4.78 is 4.82. The molecule has 0 spiro atoms. The minimum Gasteiger partial charge on any atom is -0.311 e. The highest BCUT2D eigenvalue weighted by Crippen LogP contribution is 2.43. The van der Waals surface area contributed by atoms with E-state index >= 15 is 0 Å². The van der Waals surface area contributed by atoms with Gasteiger partial charge in [0.2, 0.25) is 0 Å². The molecular weight excluding hydrogens is 1250 g/mol. The smallest absolute Gasteiger partial charge is 0.164 e. The molecule has 103 heavy (non-hydrogen) atoms. The van der Waals surface area contributed by atoms with Crippen LogP contribution in [-0.2, 0) is 0 Å². The monoisotopic (exact) mass is 1320 g/mol. The predicted octanol–water partition coefficient (Wildman–Crippen LogP) is 25.4. The van der Waals surface area contributed by atoms with Gasteiger partial charge in [-0.3, -0.25) is 0 Å². The van der Waals surface area contributed by atoms with E-state index in [-0.39, 0.29) is 0 Å². The van der Waals surface area contributed by atoms with Crippen molar-refractivity contribution in [2.45, 2.75) is 13.8 Å². The first-order valence-corrected chi connectivity index (χ1v) is 35.0. The molecule has 0 saturated carbocycles. The second-order valence-corrected chi connectivity index (χ2v) is 26.1. The summed E-state index contributed by atoms with van der Waals surface area (Å²) in [6.07, 6.45) is 0. The van der Waals surface area contributed by atoms with Crippen molar-refractivity contribution < 1.29 is 0 Å². The quantitative estimate of drug-likeness (QED) is 0.0961. The molecule has 0 amide bonds. The molecule has 3 aromatic heterocycles. The van der Waals surface area contributed by atoms with E-state index in [2.05, 4.69) is 390 Å². The third-order valence-corrected chi connectivity index (χ3v) is 19.8. The third kappa shape index (κ3) is 11.6. The van der Waals surface area contributed by atoms with E-state index in [0.717, 1.165) is 95.9 Å². The number of rotatable bonds is 16. The lowest BCUT2D eigenvalue weighted by Crippen LogP contribution is -2.10. The minimum absolute atomic E-state index is 0.568. The van der Waals surface area contributed by atoms with Crippen LogP contribution in [0.4, 0.5) is 51.2 Å². The number of anilines is 9. The zero-order valence-electron chi connectivity index (χ0n) is 56.9. The van der Waals surface area contributed by atoms with Gasteiger partial charge < -0.3 is 23.8 Å². The van der Waals surface area contributed by atoms with Crippen LogP contribution in [0.25, 0.3) is 111 Å². The van der Waals surface area contributed by atoms with Crippen molar-refractivity contribution in [3.05, 3.63) is 387 Å². The van der Waals surface area contributed by atoms with Crippen molar-refractivity contribution in [1.29, 1.82) is 0 Å². The van der Waals surface area contributed by atoms with Crippen LogP contribution in [0.15, 0.2) is 376 Å². The number of para-hydroxylation sites is 8. The van der Waals surface area contributed by atoms with Gasteiger partial charge in [0, 0.05) is 101 Å². The van der Waals surface area contributed by atoms with E-state index in [9.17, 15) is 0 Å². The molecule has 0 bridgehead atoms. The fourth-order valence-corrected chi connectivity index (χ4v) is 14.9. The van der Waals surface area contributed by atoms with Gasteiger partial charge in [0.1, 0.15) is 0 Å². The fourth-order valence-electron chi connectivity index (χ4n) is 14.9. The van der Waals surface area contributed by atoms with Crippen LogP contribution in [0.5, 0.6) is 0 Å². The van der Waals surface area contributed by atoms with Gasteiger partial charge in [-0.25, -0.2) is 15.0 Å². The minimum atomic E-state index is 0.568. The Hall–Kier alpha value is -13.7. The Labute approximate surface area is 598 Å². The molecular formula is C95H68N8. The molecule has 0 aliphatic heterocycles. The maximum absolute atomic E-state index is 5.28. The summed E-state index contributed by atoms with van der Waals surface area (Å²) in [7, 11) is 0.